The van der Waals surface area contributed by atoms with Crippen molar-refractivity contribution in [1.29, 1.82) is 0 Å². The van der Waals surface area contributed by atoms with E-state index >= 15 is 0 Å². The minimum Gasteiger partial charge on any atom is -0.481 e. The molecule has 5 heteroatoms. The Balaban J connectivity index is 2.46. The van der Waals surface area contributed by atoms with Crippen LogP contribution in [0.1, 0.15) is 46.0 Å². The number of aliphatic carboxylic acids is 1. The molecule has 0 bridgehead atoms. The topological polar surface area (TPSA) is 69.6 Å². The van der Waals surface area contributed by atoms with Crippen molar-refractivity contribution in [2.75, 3.05) is 13.6 Å². The van der Waals surface area contributed by atoms with Gasteiger partial charge in [-0.2, -0.15) is 0 Å². The molecule has 0 aromatic rings. The van der Waals surface area contributed by atoms with Crippen LogP contribution in [0.2, 0.25) is 0 Å². The van der Waals surface area contributed by atoms with Crippen molar-refractivity contribution in [3.63, 3.8) is 0 Å². The van der Waals surface area contributed by atoms with E-state index in [0.717, 1.165) is 19.3 Å². The average molecular weight is 270 g/mol. The lowest BCUT2D eigenvalue weighted by molar-refractivity contribution is -0.141. The van der Waals surface area contributed by atoms with Crippen LogP contribution in [0.4, 0.5) is 4.79 Å². The molecule has 0 aromatic carbocycles. The number of urea groups is 1. The second kappa shape index (κ2) is 7.36. The van der Waals surface area contributed by atoms with Gasteiger partial charge in [0.1, 0.15) is 0 Å². The summed E-state index contributed by atoms with van der Waals surface area (Å²) in [5.41, 5.74) is 0. The number of carboxylic acid groups (broad SMARTS) is 1. The van der Waals surface area contributed by atoms with Crippen LogP contribution in [0.15, 0.2) is 0 Å². The largest absolute Gasteiger partial charge is 0.481 e. The van der Waals surface area contributed by atoms with E-state index in [1.54, 1.807) is 14.0 Å². The highest BCUT2D eigenvalue weighted by atomic mass is 16.4. The third-order valence-corrected chi connectivity index (χ3v) is 4.06. The summed E-state index contributed by atoms with van der Waals surface area (Å²) >= 11 is 0. The van der Waals surface area contributed by atoms with Crippen LogP contribution < -0.4 is 5.32 Å². The summed E-state index contributed by atoms with van der Waals surface area (Å²) in [5.74, 6) is -0.851. The molecule has 0 aliphatic heterocycles. The molecule has 5 nitrogen and oxygen atoms in total. The minimum absolute atomic E-state index is 0.154. The lowest BCUT2D eigenvalue weighted by Gasteiger charge is -2.33. The molecule has 1 rings (SSSR count). The van der Waals surface area contributed by atoms with Crippen molar-refractivity contribution >= 4 is 12.0 Å². The third kappa shape index (κ3) is 4.73. The van der Waals surface area contributed by atoms with E-state index in [0.29, 0.717) is 5.92 Å². The van der Waals surface area contributed by atoms with Gasteiger partial charge in [0.05, 0.1) is 5.92 Å². The Morgan fingerprint density at radius 1 is 1.37 bits per heavy atom. The van der Waals surface area contributed by atoms with Gasteiger partial charge in [0.2, 0.25) is 0 Å². The lowest BCUT2D eigenvalue weighted by Crippen LogP contribution is -2.48. The third-order valence-electron chi connectivity index (χ3n) is 4.06. The Bertz CT molecular complexity index is 320. The van der Waals surface area contributed by atoms with Crippen LogP contribution in [0.25, 0.3) is 0 Å². The highest BCUT2D eigenvalue weighted by Crippen LogP contribution is 2.26. The Kier molecular flexibility index (Phi) is 6.12. The van der Waals surface area contributed by atoms with Crippen LogP contribution >= 0.6 is 0 Å². The Hall–Kier alpha value is -1.26. The minimum atomic E-state index is -0.872. The first kappa shape index (κ1) is 15.8. The zero-order valence-electron chi connectivity index (χ0n) is 12.2. The molecule has 0 heterocycles. The van der Waals surface area contributed by atoms with Crippen LogP contribution in [0, 0.1) is 11.8 Å². The highest BCUT2D eigenvalue weighted by Gasteiger charge is 2.26. The first-order valence-corrected chi connectivity index (χ1v) is 7.20. The van der Waals surface area contributed by atoms with E-state index in [2.05, 4.69) is 12.2 Å². The van der Waals surface area contributed by atoms with E-state index in [-0.39, 0.29) is 18.6 Å². The van der Waals surface area contributed by atoms with Crippen molar-refractivity contribution in [3.05, 3.63) is 0 Å². The summed E-state index contributed by atoms with van der Waals surface area (Å²) in [5, 5.41) is 11.9. The molecule has 2 N–H and O–H groups in total. The van der Waals surface area contributed by atoms with E-state index in [9.17, 15) is 9.59 Å². The summed E-state index contributed by atoms with van der Waals surface area (Å²) < 4.78 is 0. The molecule has 1 fully saturated rings. The number of hydrogen-bond acceptors (Lipinski definition) is 2. The second-order valence-electron chi connectivity index (χ2n) is 5.63. The number of hydrogen-bond donors (Lipinski definition) is 2. The van der Waals surface area contributed by atoms with E-state index in [1.807, 2.05) is 0 Å². The molecule has 0 aromatic heterocycles. The van der Waals surface area contributed by atoms with Gasteiger partial charge in [0.25, 0.3) is 0 Å². The highest BCUT2D eigenvalue weighted by molar-refractivity contribution is 5.76. The number of rotatable bonds is 5. The fourth-order valence-electron chi connectivity index (χ4n) is 2.73. The quantitative estimate of drug-likeness (QED) is 0.805. The predicted octanol–water partition coefficient (Wildman–Crippen LogP) is 2.32. The van der Waals surface area contributed by atoms with Crippen molar-refractivity contribution in [2.45, 2.75) is 52.0 Å². The number of carbonyl (C=O) groups is 2. The Morgan fingerprint density at radius 3 is 2.58 bits per heavy atom. The summed E-state index contributed by atoms with van der Waals surface area (Å²) in [6.45, 7) is 4.01. The van der Waals surface area contributed by atoms with E-state index in [4.69, 9.17) is 5.11 Å². The zero-order valence-corrected chi connectivity index (χ0v) is 12.2. The molecule has 1 aliphatic carbocycles. The predicted molar refractivity (Wildman–Crippen MR) is 74.0 cm³/mol. The number of carboxylic acids is 1. The van der Waals surface area contributed by atoms with Crippen molar-refractivity contribution in [1.82, 2.24) is 10.2 Å². The molecule has 1 aliphatic rings. The SMILES string of the molecule is CCC1CCCCC1NC(=O)N(C)CC(C)C(=O)O. The van der Waals surface area contributed by atoms with Crippen LogP contribution in [-0.2, 0) is 4.79 Å². The monoisotopic (exact) mass is 270 g/mol. The van der Waals surface area contributed by atoms with Gasteiger partial charge in [0.15, 0.2) is 0 Å². The molecular weight excluding hydrogens is 244 g/mol. The Morgan fingerprint density at radius 2 is 2.00 bits per heavy atom. The van der Waals surface area contributed by atoms with Gasteiger partial charge >= 0.3 is 12.0 Å². The molecule has 19 heavy (non-hydrogen) atoms. The van der Waals surface area contributed by atoms with Crippen molar-refractivity contribution < 1.29 is 14.7 Å². The summed E-state index contributed by atoms with van der Waals surface area (Å²) in [7, 11) is 1.65. The number of carbonyl (C=O) groups excluding carboxylic acids is 1. The fourth-order valence-corrected chi connectivity index (χ4v) is 2.73. The van der Waals surface area contributed by atoms with Crippen LogP contribution in [-0.4, -0.2) is 41.6 Å². The zero-order chi connectivity index (χ0) is 14.4. The first-order valence-electron chi connectivity index (χ1n) is 7.20. The first-order chi connectivity index (χ1) is 8.95. The molecule has 2 amide bonds. The average Bonchev–Trinajstić information content (AvgIpc) is 2.38. The second-order valence-corrected chi connectivity index (χ2v) is 5.63. The molecular formula is C14H26N2O3. The molecule has 0 spiro atoms. The number of nitrogens with zero attached hydrogens (tertiary/aromatic N) is 1. The van der Waals surface area contributed by atoms with Gasteiger partial charge in [0, 0.05) is 19.6 Å². The summed E-state index contributed by atoms with van der Waals surface area (Å²) in [6, 6.07) is 0.0901. The smallest absolute Gasteiger partial charge is 0.317 e. The molecule has 0 saturated heterocycles. The van der Waals surface area contributed by atoms with Crippen molar-refractivity contribution in [3.8, 4) is 0 Å². The standard InChI is InChI=1S/C14H26N2O3/c1-4-11-7-5-6-8-12(11)15-14(19)16(3)9-10(2)13(17)18/h10-12H,4-9H2,1-3H3,(H,15,19)(H,17,18). The van der Waals surface area contributed by atoms with E-state index in [1.165, 1.54) is 17.7 Å². The van der Waals surface area contributed by atoms with Gasteiger partial charge in [-0.25, -0.2) is 4.79 Å². The number of nitrogens with one attached hydrogen (secondary N) is 1. The van der Waals surface area contributed by atoms with Gasteiger partial charge in [-0.15, -0.1) is 0 Å². The van der Waals surface area contributed by atoms with Gasteiger partial charge in [-0.3, -0.25) is 4.79 Å². The molecule has 110 valence electrons. The maximum atomic E-state index is 12.1. The van der Waals surface area contributed by atoms with Crippen LogP contribution in [0.3, 0.4) is 0 Å². The maximum absolute atomic E-state index is 12.1. The molecule has 3 atom stereocenters. The molecule has 1 saturated carbocycles. The lowest BCUT2D eigenvalue weighted by atomic mass is 9.83. The van der Waals surface area contributed by atoms with Crippen molar-refractivity contribution in [2.24, 2.45) is 11.8 Å². The number of amides is 2. The van der Waals surface area contributed by atoms with Gasteiger partial charge in [-0.05, 0) is 18.8 Å². The summed E-state index contributed by atoms with van der Waals surface area (Å²) in [4.78, 5) is 24.3. The summed E-state index contributed by atoms with van der Waals surface area (Å²) in [6.07, 6.45) is 5.71. The maximum Gasteiger partial charge on any atom is 0.317 e. The van der Waals surface area contributed by atoms with Gasteiger partial charge in [-0.1, -0.05) is 33.1 Å². The normalized spacial score (nSPS) is 24.6. The van der Waals surface area contributed by atoms with Gasteiger partial charge < -0.3 is 15.3 Å². The molecule has 0 radical (unpaired) electrons. The Labute approximate surface area is 115 Å². The fraction of sp³-hybridized carbons (Fsp3) is 0.857. The van der Waals surface area contributed by atoms with E-state index < -0.39 is 11.9 Å². The van der Waals surface area contributed by atoms with Crippen LogP contribution in [0.5, 0.6) is 0 Å². The molecule has 3 unspecified atom stereocenters.